The molecule has 2 N–H and O–H groups in total. The molecule has 0 spiro atoms. The van der Waals surface area contributed by atoms with Gasteiger partial charge in [0, 0.05) is 25.6 Å². The van der Waals surface area contributed by atoms with E-state index in [1.54, 1.807) is 19.1 Å². The van der Waals surface area contributed by atoms with Crippen LogP contribution in [-0.4, -0.2) is 57.4 Å². The van der Waals surface area contributed by atoms with Crippen LogP contribution in [0.5, 0.6) is 5.75 Å². The molecule has 1 heterocycles. The summed E-state index contributed by atoms with van der Waals surface area (Å²) in [6.45, 7) is 4.67. The Labute approximate surface area is 148 Å². The van der Waals surface area contributed by atoms with E-state index in [0.29, 0.717) is 38.5 Å². The summed E-state index contributed by atoms with van der Waals surface area (Å²) in [4.78, 5) is 23.1. The summed E-state index contributed by atoms with van der Waals surface area (Å²) in [6, 6.07) is 7.55. The maximum atomic E-state index is 11.9. The van der Waals surface area contributed by atoms with E-state index in [4.69, 9.17) is 14.2 Å². The van der Waals surface area contributed by atoms with E-state index in [9.17, 15) is 9.59 Å². The lowest BCUT2D eigenvalue weighted by Crippen LogP contribution is -2.44. The molecular weight excluding hydrogens is 324 g/mol. The monoisotopic (exact) mass is 350 g/mol. The summed E-state index contributed by atoms with van der Waals surface area (Å²) in [5.41, 5.74) is 1.09. The van der Waals surface area contributed by atoms with Crippen molar-refractivity contribution in [1.82, 2.24) is 10.6 Å². The maximum Gasteiger partial charge on any atom is 0.344 e. The number of ether oxygens (including phenoxy) is 3. The Morgan fingerprint density at radius 1 is 1.32 bits per heavy atom. The minimum absolute atomic E-state index is 0.0254. The number of rotatable bonds is 9. The lowest BCUT2D eigenvalue weighted by Gasteiger charge is -2.23. The number of nitrogens with one attached hydrogen (secondary N) is 2. The SMILES string of the molecule is CCOC(=O)COc1ccc(CCNC(=O)CC2COCCN2)cc1. The van der Waals surface area contributed by atoms with Gasteiger partial charge in [0.1, 0.15) is 5.75 Å². The first-order valence-corrected chi connectivity index (χ1v) is 8.62. The molecule has 1 aromatic carbocycles. The molecular formula is C18H26N2O5. The fraction of sp³-hybridized carbons (Fsp3) is 0.556. The maximum absolute atomic E-state index is 11.9. The largest absolute Gasteiger partial charge is 0.482 e. The molecule has 1 aromatic rings. The number of hydrogen-bond acceptors (Lipinski definition) is 6. The van der Waals surface area contributed by atoms with E-state index in [2.05, 4.69) is 10.6 Å². The molecule has 1 saturated heterocycles. The predicted octanol–water partition coefficient (Wildman–Crippen LogP) is 0.666. The van der Waals surface area contributed by atoms with Crippen LogP contribution in [0, 0.1) is 0 Å². The summed E-state index contributed by atoms with van der Waals surface area (Å²) in [5, 5.41) is 6.18. The topological polar surface area (TPSA) is 85.9 Å². The third-order valence-electron chi connectivity index (χ3n) is 3.75. The molecule has 25 heavy (non-hydrogen) atoms. The molecule has 0 bridgehead atoms. The van der Waals surface area contributed by atoms with Gasteiger partial charge in [-0.25, -0.2) is 4.79 Å². The van der Waals surface area contributed by atoms with Crippen molar-refractivity contribution < 1.29 is 23.8 Å². The zero-order valence-corrected chi connectivity index (χ0v) is 14.6. The van der Waals surface area contributed by atoms with Gasteiger partial charge in [-0.15, -0.1) is 0 Å². The summed E-state index contributed by atoms with van der Waals surface area (Å²) in [7, 11) is 0. The zero-order valence-electron chi connectivity index (χ0n) is 14.6. The van der Waals surface area contributed by atoms with E-state index in [1.165, 1.54) is 0 Å². The highest BCUT2D eigenvalue weighted by atomic mass is 16.6. The second-order valence-electron chi connectivity index (χ2n) is 5.77. The van der Waals surface area contributed by atoms with Crippen LogP contribution in [0.15, 0.2) is 24.3 Å². The standard InChI is InChI=1S/C18H26N2O5/c1-2-24-18(22)13-25-16-5-3-14(4-6-16)7-8-20-17(21)11-15-12-23-10-9-19-15/h3-6,15,19H,2,7-13H2,1H3,(H,20,21). The molecule has 138 valence electrons. The van der Waals surface area contributed by atoms with Gasteiger partial charge in [0.15, 0.2) is 6.61 Å². The average molecular weight is 350 g/mol. The van der Waals surface area contributed by atoms with Gasteiger partial charge in [-0.05, 0) is 31.0 Å². The van der Waals surface area contributed by atoms with Crippen LogP contribution < -0.4 is 15.4 Å². The number of carbonyl (C=O) groups is 2. The fourth-order valence-corrected chi connectivity index (χ4v) is 2.49. The molecule has 0 aromatic heterocycles. The van der Waals surface area contributed by atoms with Crippen LogP contribution in [0.25, 0.3) is 0 Å². The molecule has 0 saturated carbocycles. The normalized spacial score (nSPS) is 16.9. The van der Waals surface area contributed by atoms with Crippen molar-refractivity contribution >= 4 is 11.9 Å². The van der Waals surface area contributed by atoms with Crippen molar-refractivity contribution in [3.8, 4) is 5.75 Å². The molecule has 2 rings (SSSR count). The van der Waals surface area contributed by atoms with Crippen molar-refractivity contribution in [1.29, 1.82) is 0 Å². The Balaban J connectivity index is 1.63. The van der Waals surface area contributed by atoms with Gasteiger partial charge in [-0.1, -0.05) is 12.1 Å². The van der Waals surface area contributed by atoms with Gasteiger partial charge >= 0.3 is 5.97 Å². The lowest BCUT2D eigenvalue weighted by atomic mass is 10.1. The summed E-state index contributed by atoms with van der Waals surface area (Å²) >= 11 is 0. The molecule has 1 amide bonds. The highest BCUT2D eigenvalue weighted by molar-refractivity contribution is 5.76. The molecule has 7 nitrogen and oxygen atoms in total. The molecule has 0 aliphatic carbocycles. The van der Waals surface area contributed by atoms with Crippen molar-refractivity contribution in [2.24, 2.45) is 0 Å². The third kappa shape index (κ3) is 7.53. The lowest BCUT2D eigenvalue weighted by molar-refractivity contribution is -0.145. The number of benzene rings is 1. The first-order chi connectivity index (χ1) is 12.2. The molecule has 1 aliphatic heterocycles. The number of amides is 1. The van der Waals surface area contributed by atoms with E-state index < -0.39 is 0 Å². The fourth-order valence-electron chi connectivity index (χ4n) is 2.49. The van der Waals surface area contributed by atoms with Gasteiger partial charge in [0.25, 0.3) is 0 Å². The first-order valence-electron chi connectivity index (χ1n) is 8.62. The molecule has 1 aliphatic rings. The number of carbonyl (C=O) groups excluding carboxylic acids is 2. The van der Waals surface area contributed by atoms with E-state index in [0.717, 1.165) is 18.5 Å². The predicted molar refractivity (Wildman–Crippen MR) is 92.5 cm³/mol. The van der Waals surface area contributed by atoms with Crippen LogP contribution in [0.2, 0.25) is 0 Å². The van der Waals surface area contributed by atoms with Gasteiger partial charge in [0.2, 0.25) is 5.91 Å². The third-order valence-corrected chi connectivity index (χ3v) is 3.75. The summed E-state index contributed by atoms with van der Waals surface area (Å²) in [5.74, 6) is 0.258. The second-order valence-corrected chi connectivity index (χ2v) is 5.77. The molecule has 1 fully saturated rings. The Morgan fingerprint density at radius 2 is 2.12 bits per heavy atom. The highest BCUT2D eigenvalue weighted by Gasteiger charge is 2.16. The van der Waals surface area contributed by atoms with Crippen molar-refractivity contribution in [3.63, 3.8) is 0 Å². The van der Waals surface area contributed by atoms with E-state index >= 15 is 0 Å². The van der Waals surface area contributed by atoms with Crippen LogP contribution in [0.4, 0.5) is 0 Å². The Hall–Kier alpha value is -2.12. The zero-order chi connectivity index (χ0) is 17.9. The molecule has 1 unspecified atom stereocenters. The van der Waals surface area contributed by atoms with E-state index in [1.807, 2.05) is 12.1 Å². The smallest absolute Gasteiger partial charge is 0.344 e. The van der Waals surface area contributed by atoms with Gasteiger partial charge in [0.05, 0.1) is 19.8 Å². The second kappa shape index (κ2) is 10.7. The van der Waals surface area contributed by atoms with Gasteiger partial charge in [-0.3, -0.25) is 4.79 Å². The number of esters is 1. The Kier molecular flexibility index (Phi) is 8.21. The number of morpholine rings is 1. The van der Waals surface area contributed by atoms with Crippen LogP contribution in [0.1, 0.15) is 18.9 Å². The summed E-state index contributed by atoms with van der Waals surface area (Å²) < 4.78 is 15.5. The molecule has 7 heteroatoms. The Morgan fingerprint density at radius 3 is 2.80 bits per heavy atom. The van der Waals surface area contributed by atoms with Crippen molar-refractivity contribution in [2.45, 2.75) is 25.8 Å². The summed E-state index contributed by atoms with van der Waals surface area (Å²) in [6.07, 6.45) is 1.17. The minimum atomic E-state index is -0.382. The van der Waals surface area contributed by atoms with Crippen molar-refractivity contribution in [3.05, 3.63) is 29.8 Å². The molecule has 0 radical (unpaired) electrons. The molecule has 1 atom stereocenters. The van der Waals surface area contributed by atoms with Gasteiger partial charge in [-0.2, -0.15) is 0 Å². The van der Waals surface area contributed by atoms with Crippen LogP contribution >= 0.6 is 0 Å². The van der Waals surface area contributed by atoms with Crippen molar-refractivity contribution in [2.75, 3.05) is 39.5 Å². The van der Waals surface area contributed by atoms with E-state index in [-0.39, 0.29) is 24.5 Å². The average Bonchev–Trinajstić information content (AvgIpc) is 2.62. The van der Waals surface area contributed by atoms with Crippen LogP contribution in [-0.2, 0) is 25.5 Å². The quantitative estimate of drug-likeness (QED) is 0.637. The highest BCUT2D eigenvalue weighted by Crippen LogP contribution is 2.12. The number of hydrogen-bond donors (Lipinski definition) is 2. The Bertz CT molecular complexity index is 541. The van der Waals surface area contributed by atoms with Gasteiger partial charge < -0.3 is 24.8 Å². The first kappa shape index (κ1) is 19.2. The van der Waals surface area contributed by atoms with Crippen LogP contribution in [0.3, 0.4) is 0 Å². The minimum Gasteiger partial charge on any atom is -0.482 e.